The van der Waals surface area contributed by atoms with Gasteiger partial charge in [-0.25, -0.2) is 9.78 Å². The second-order valence-electron chi connectivity index (χ2n) is 3.33. The third-order valence-corrected chi connectivity index (χ3v) is 2.00. The lowest BCUT2D eigenvalue weighted by Crippen LogP contribution is -2.05. The quantitative estimate of drug-likeness (QED) is 0.827. The Bertz CT molecular complexity index is 538. The second kappa shape index (κ2) is 4.60. The number of rotatable bonds is 4. The molecule has 17 heavy (non-hydrogen) atoms. The fourth-order valence-corrected chi connectivity index (χ4v) is 1.28. The van der Waals surface area contributed by atoms with Gasteiger partial charge in [0.05, 0.1) is 6.20 Å². The minimum atomic E-state index is -1.13. The number of hydrogen-bond donors (Lipinski definition) is 1. The lowest BCUT2D eigenvalue weighted by Gasteiger charge is -2.05. The Morgan fingerprint density at radius 3 is 3.06 bits per heavy atom. The van der Waals surface area contributed by atoms with E-state index in [1.807, 2.05) is 0 Å². The summed E-state index contributed by atoms with van der Waals surface area (Å²) in [5.41, 5.74) is 0.504. The summed E-state index contributed by atoms with van der Waals surface area (Å²) >= 11 is 0. The standard InChI is InChI=1S/C10H10N4O3/c1-14-5-7(12-13-14)6-17-8-3-2-4-11-9(8)10(15)16/h2-5H,6H2,1H3,(H,15,16). The Balaban J connectivity index is 2.11. The van der Waals surface area contributed by atoms with Crippen molar-refractivity contribution >= 4 is 5.97 Å². The molecule has 2 aromatic heterocycles. The molecule has 88 valence electrons. The van der Waals surface area contributed by atoms with Crippen molar-refractivity contribution in [3.63, 3.8) is 0 Å². The first-order valence-electron chi connectivity index (χ1n) is 4.83. The molecule has 0 bridgehead atoms. The zero-order valence-electron chi connectivity index (χ0n) is 9.07. The van der Waals surface area contributed by atoms with Crippen molar-refractivity contribution in [1.82, 2.24) is 20.0 Å². The molecule has 2 heterocycles. The molecule has 0 saturated carbocycles. The summed E-state index contributed by atoms with van der Waals surface area (Å²) < 4.78 is 6.88. The molecule has 0 fully saturated rings. The van der Waals surface area contributed by atoms with Crippen LogP contribution in [-0.4, -0.2) is 31.1 Å². The summed E-state index contributed by atoms with van der Waals surface area (Å²) in [5, 5.41) is 16.5. The van der Waals surface area contributed by atoms with Crippen LogP contribution in [0.2, 0.25) is 0 Å². The van der Waals surface area contributed by atoms with Gasteiger partial charge in [-0.15, -0.1) is 5.10 Å². The van der Waals surface area contributed by atoms with E-state index >= 15 is 0 Å². The normalized spacial score (nSPS) is 10.2. The minimum absolute atomic E-state index is 0.114. The molecule has 0 aliphatic heterocycles. The predicted octanol–water partition coefficient (Wildman–Crippen LogP) is 0.487. The maximum atomic E-state index is 10.9. The molecule has 2 rings (SSSR count). The molecule has 0 spiro atoms. The molecular formula is C10H10N4O3. The van der Waals surface area contributed by atoms with E-state index < -0.39 is 5.97 Å². The molecule has 0 amide bonds. The molecular weight excluding hydrogens is 224 g/mol. The smallest absolute Gasteiger partial charge is 0.358 e. The highest BCUT2D eigenvalue weighted by molar-refractivity contribution is 5.88. The van der Waals surface area contributed by atoms with Crippen molar-refractivity contribution in [2.45, 2.75) is 6.61 Å². The van der Waals surface area contributed by atoms with Gasteiger partial charge in [0, 0.05) is 13.2 Å². The van der Waals surface area contributed by atoms with Crippen LogP contribution in [-0.2, 0) is 13.7 Å². The Hall–Kier alpha value is -2.44. The monoisotopic (exact) mass is 234 g/mol. The number of carboxylic acid groups (broad SMARTS) is 1. The lowest BCUT2D eigenvalue weighted by molar-refractivity contribution is 0.0684. The molecule has 0 aliphatic rings. The third kappa shape index (κ3) is 2.57. The van der Waals surface area contributed by atoms with Crippen LogP contribution in [0.4, 0.5) is 0 Å². The van der Waals surface area contributed by atoms with Gasteiger partial charge in [-0.2, -0.15) is 0 Å². The van der Waals surface area contributed by atoms with Crippen LogP contribution in [0.5, 0.6) is 5.75 Å². The first-order valence-corrected chi connectivity index (χ1v) is 4.83. The van der Waals surface area contributed by atoms with Crippen LogP contribution in [0.1, 0.15) is 16.2 Å². The van der Waals surface area contributed by atoms with Gasteiger partial charge in [-0.05, 0) is 12.1 Å². The Labute approximate surface area is 96.7 Å². The molecule has 0 atom stereocenters. The van der Waals surface area contributed by atoms with E-state index in [1.54, 1.807) is 30.1 Å². The average molecular weight is 234 g/mol. The number of aryl methyl sites for hydroxylation is 1. The molecule has 2 aromatic rings. The van der Waals surface area contributed by atoms with Crippen molar-refractivity contribution in [1.29, 1.82) is 0 Å². The van der Waals surface area contributed by atoms with Crippen LogP contribution in [0.15, 0.2) is 24.5 Å². The number of ether oxygens (including phenoxy) is 1. The Kier molecular flexibility index (Phi) is 2.99. The van der Waals surface area contributed by atoms with E-state index in [1.165, 1.54) is 6.20 Å². The summed E-state index contributed by atoms with van der Waals surface area (Å²) in [6.45, 7) is 0.153. The highest BCUT2D eigenvalue weighted by Gasteiger charge is 2.12. The van der Waals surface area contributed by atoms with Gasteiger partial charge in [0.2, 0.25) is 0 Å². The second-order valence-corrected chi connectivity index (χ2v) is 3.33. The summed E-state index contributed by atoms with van der Waals surface area (Å²) in [6, 6.07) is 3.16. The molecule has 7 heteroatoms. The summed E-state index contributed by atoms with van der Waals surface area (Å²) in [5.74, 6) is -0.912. The van der Waals surface area contributed by atoms with Gasteiger partial charge in [-0.1, -0.05) is 5.21 Å². The van der Waals surface area contributed by atoms with Crippen LogP contribution in [0, 0.1) is 0 Å². The highest BCUT2D eigenvalue weighted by Crippen LogP contribution is 2.16. The van der Waals surface area contributed by atoms with Gasteiger partial charge >= 0.3 is 5.97 Å². The van der Waals surface area contributed by atoms with Crippen LogP contribution < -0.4 is 4.74 Å². The van der Waals surface area contributed by atoms with Crippen molar-refractivity contribution in [2.24, 2.45) is 7.05 Å². The van der Waals surface area contributed by atoms with Gasteiger partial charge in [0.25, 0.3) is 0 Å². The number of aromatic nitrogens is 4. The van der Waals surface area contributed by atoms with Crippen molar-refractivity contribution in [2.75, 3.05) is 0 Å². The van der Waals surface area contributed by atoms with Crippen LogP contribution in [0.25, 0.3) is 0 Å². The number of nitrogens with zero attached hydrogens (tertiary/aromatic N) is 4. The van der Waals surface area contributed by atoms with E-state index in [0.717, 1.165) is 0 Å². The number of carbonyl (C=O) groups is 1. The first kappa shape index (κ1) is 11.1. The molecule has 0 radical (unpaired) electrons. The van der Waals surface area contributed by atoms with Gasteiger partial charge in [-0.3, -0.25) is 4.68 Å². The van der Waals surface area contributed by atoms with Gasteiger partial charge in [0.15, 0.2) is 11.4 Å². The average Bonchev–Trinajstić information content (AvgIpc) is 2.73. The van der Waals surface area contributed by atoms with Crippen molar-refractivity contribution < 1.29 is 14.6 Å². The zero-order chi connectivity index (χ0) is 12.3. The number of hydrogen-bond acceptors (Lipinski definition) is 5. The van der Waals surface area contributed by atoms with E-state index in [-0.39, 0.29) is 18.1 Å². The predicted molar refractivity (Wildman–Crippen MR) is 56.5 cm³/mol. The third-order valence-electron chi connectivity index (χ3n) is 2.00. The molecule has 0 unspecified atom stereocenters. The Morgan fingerprint density at radius 2 is 2.41 bits per heavy atom. The lowest BCUT2D eigenvalue weighted by atomic mass is 10.3. The number of aromatic carboxylic acids is 1. The Morgan fingerprint density at radius 1 is 1.59 bits per heavy atom. The van der Waals surface area contributed by atoms with Crippen molar-refractivity contribution in [3.05, 3.63) is 35.9 Å². The van der Waals surface area contributed by atoms with Crippen LogP contribution in [0.3, 0.4) is 0 Å². The molecule has 0 aromatic carbocycles. The largest absolute Gasteiger partial charge is 0.485 e. The van der Waals surface area contributed by atoms with Gasteiger partial charge < -0.3 is 9.84 Å². The van der Waals surface area contributed by atoms with E-state index in [2.05, 4.69) is 15.3 Å². The van der Waals surface area contributed by atoms with Crippen molar-refractivity contribution in [3.8, 4) is 5.75 Å². The zero-order valence-corrected chi connectivity index (χ0v) is 9.07. The maximum absolute atomic E-state index is 10.9. The van der Waals surface area contributed by atoms with E-state index in [4.69, 9.17) is 9.84 Å². The fourth-order valence-electron chi connectivity index (χ4n) is 1.28. The number of carboxylic acids is 1. The number of pyridine rings is 1. The molecule has 7 nitrogen and oxygen atoms in total. The first-order chi connectivity index (χ1) is 8.16. The minimum Gasteiger partial charge on any atom is -0.485 e. The van der Waals surface area contributed by atoms with E-state index in [0.29, 0.717) is 5.69 Å². The van der Waals surface area contributed by atoms with Crippen LogP contribution >= 0.6 is 0 Å². The molecule has 0 aliphatic carbocycles. The summed E-state index contributed by atoms with van der Waals surface area (Å²) in [4.78, 5) is 14.6. The molecule has 0 saturated heterocycles. The molecule has 1 N–H and O–H groups in total. The topological polar surface area (TPSA) is 90.1 Å². The fraction of sp³-hybridized carbons (Fsp3) is 0.200. The van der Waals surface area contributed by atoms with Gasteiger partial charge in [0.1, 0.15) is 12.3 Å². The summed E-state index contributed by atoms with van der Waals surface area (Å²) in [7, 11) is 1.74. The highest BCUT2D eigenvalue weighted by atomic mass is 16.5. The summed E-state index contributed by atoms with van der Waals surface area (Å²) in [6.07, 6.45) is 3.09. The maximum Gasteiger partial charge on any atom is 0.358 e. The van der Waals surface area contributed by atoms with E-state index in [9.17, 15) is 4.79 Å². The SMILES string of the molecule is Cn1cc(COc2cccnc2C(=O)O)nn1.